The van der Waals surface area contributed by atoms with Crippen molar-refractivity contribution in [3.05, 3.63) is 69.8 Å². The molecule has 3 rings (SSSR count). The minimum absolute atomic E-state index is 0.116. The van der Waals surface area contributed by atoms with Crippen molar-refractivity contribution in [3.8, 4) is 5.75 Å². The second kappa shape index (κ2) is 7.39. The maximum atomic E-state index is 12.9. The number of rotatable bonds is 5. The first-order valence-electron chi connectivity index (χ1n) is 8.13. The fourth-order valence-electron chi connectivity index (χ4n) is 2.79. The van der Waals surface area contributed by atoms with E-state index in [4.69, 9.17) is 9.15 Å². The van der Waals surface area contributed by atoms with Gasteiger partial charge in [0.25, 0.3) is 0 Å². The van der Waals surface area contributed by atoms with Gasteiger partial charge in [-0.3, -0.25) is 4.79 Å². The fourth-order valence-corrected chi connectivity index (χ4v) is 2.79. The molecule has 3 aromatic rings. The van der Waals surface area contributed by atoms with Crippen LogP contribution in [0.2, 0.25) is 0 Å². The summed E-state index contributed by atoms with van der Waals surface area (Å²) in [6.07, 6.45) is 0.369. The number of fused-ring (bicyclic) bond motifs is 1. The van der Waals surface area contributed by atoms with Gasteiger partial charge < -0.3 is 14.5 Å². The second-order valence-electron chi connectivity index (χ2n) is 5.91. The molecule has 0 aliphatic carbocycles. The summed E-state index contributed by atoms with van der Waals surface area (Å²) in [5, 5.41) is 3.48. The summed E-state index contributed by atoms with van der Waals surface area (Å²) in [7, 11) is 1.54. The molecule has 1 amide bonds. The van der Waals surface area contributed by atoms with Gasteiger partial charge in [-0.25, -0.2) is 9.18 Å². The van der Waals surface area contributed by atoms with E-state index in [0.717, 1.165) is 10.9 Å². The van der Waals surface area contributed by atoms with Gasteiger partial charge >= 0.3 is 5.63 Å². The molecule has 1 aromatic heterocycles. The molecular formula is C20H18FNO4. The van der Waals surface area contributed by atoms with E-state index in [-0.39, 0.29) is 24.6 Å². The van der Waals surface area contributed by atoms with Gasteiger partial charge in [0.1, 0.15) is 17.1 Å². The lowest BCUT2D eigenvalue weighted by Crippen LogP contribution is -2.16. The van der Waals surface area contributed by atoms with Gasteiger partial charge in [0.05, 0.1) is 7.11 Å². The number of carbonyl (C=O) groups is 1. The molecule has 5 nitrogen and oxygen atoms in total. The van der Waals surface area contributed by atoms with Crippen LogP contribution in [-0.4, -0.2) is 13.0 Å². The molecule has 0 saturated carbocycles. The number of nitrogens with one attached hydrogen (secondary N) is 1. The smallest absolute Gasteiger partial charge is 0.339 e. The van der Waals surface area contributed by atoms with E-state index in [2.05, 4.69) is 5.32 Å². The Balaban J connectivity index is 1.77. The molecule has 6 heteroatoms. The first-order valence-corrected chi connectivity index (χ1v) is 8.13. The number of hydrogen-bond acceptors (Lipinski definition) is 4. The van der Waals surface area contributed by atoms with Crippen molar-refractivity contribution in [1.82, 2.24) is 0 Å². The predicted octanol–water partition coefficient (Wildman–Crippen LogP) is 3.82. The molecule has 0 aliphatic rings. The average Bonchev–Trinajstić information content (AvgIpc) is 2.63. The van der Waals surface area contributed by atoms with Crippen LogP contribution >= 0.6 is 0 Å². The zero-order valence-corrected chi connectivity index (χ0v) is 14.5. The molecule has 26 heavy (non-hydrogen) atoms. The molecule has 0 bridgehead atoms. The minimum Gasteiger partial charge on any atom is -0.497 e. The van der Waals surface area contributed by atoms with Crippen LogP contribution in [0.3, 0.4) is 0 Å². The Morgan fingerprint density at radius 2 is 1.92 bits per heavy atom. The van der Waals surface area contributed by atoms with Crippen molar-refractivity contribution in [2.45, 2.75) is 19.8 Å². The van der Waals surface area contributed by atoms with Gasteiger partial charge in [0.2, 0.25) is 5.91 Å². The second-order valence-corrected chi connectivity index (χ2v) is 5.91. The standard InChI is InChI=1S/C20H18FNO4/c1-12-16-8-7-15(25-2)11-18(16)26-20(24)17(12)9-10-19(23)22-14-5-3-13(21)4-6-14/h3-8,11H,9-10H2,1-2H3,(H,22,23). The van der Waals surface area contributed by atoms with E-state index in [1.165, 1.54) is 24.3 Å². The third kappa shape index (κ3) is 3.74. The summed E-state index contributed by atoms with van der Waals surface area (Å²) in [4.78, 5) is 24.4. The quantitative estimate of drug-likeness (QED) is 0.707. The van der Waals surface area contributed by atoms with Crippen molar-refractivity contribution in [2.24, 2.45) is 0 Å². The SMILES string of the molecule is COc1ccc2c(C)c(CCC(=O)Nc3ccc(F)cc3)c(=O)oc2c1. The Hall–Kier alpha value is -3.15. The van der Waals surface area contributed by atoms with Crippen LogP contribution in [0.25, 0.3) is 11.0 Å². The van der Waals surface area contributed by atoms with Crippen LogP contribution in [-0.2, 0) is 11.2 Å². The van der Waals surface area contributed by atoms with Gasteiger partial charge in [0, 0.05) is 29.1 Å². The minimum atomic E-state index is -0.460. The first-order chi connectivity index (χ1) is 12.5. The molecule has 0 atom stereocenters. The Bertz CT molecular complexity index is 1010. The van der Waals surface area contributed by atoms with E-state index in [1.807, 2.05) is 13.0 Å². The number of methoxy groups -OCH3 is 1. The van der Waals surface area contributed by atoms with E-state index < -0.39 is 5.63 Å². The molecule has 2 aromatic carbocycles. The van der Waals surface area contributed by atoms with Gasteiger partial charge in [-0.05, 0) is 55.3 Å². The average molecular weight is 355 g/mol. The van der Waals surface area contributed by atoms with Crippen molar-refractivity contribution in [1.29, 1.82) is 0 Å². The highest BCUT2D eigenvalue weighted by atomic mass is 19.1. The maximum absolute atomic E-state index is 12.9. The highest BCUT2D eigenvalue weighted by Crippen LogP contribution is 2.24. The van der Waals surface area contributed by atoms with Crippen molar-refractivity contribution < 1.29 is 18.3 Å². The van der Waals surface area contributed by atoms with Crippen molar-refractivity contribution >= 4 is 22.6 Å². The first kappa shape index (κ1) is 17.7. The van der Waals surface area contributed by atoms with E-state index >= 15 is 0 Å². The van der Waals surface area contributed by atoms with Gasteiger partial charge in [-0.1, -0.05) is 0 Å². The number of halogens is 1. The largest absolute Gasteiger partial charge is 0.497 e. The van der Waals surface area contributed by atoms with Crippen molar-refractivity contribution in [2.75, 3.05) is 12.4 Å². The topological polar surface area (TPSA) is 68.5 Å². The lowest BCUT2D eigenvalue weighted by atomic mass is 10.0. The number of ether oxygens (including phenoxy) is 1. The van der Waals surface area contributed by atoms with E-state index in [1.54, 1.807) is 19.2 Å². The number of carbonyl (C=O) groups excluding carboxylic acids is 1. The summed E-state index contributed by atoms with van der Waals surface area (Å²) in [5.74, 6) is -0.0271. The molecule has 1 heterocycles. The maximum Gasteiger partial charge on any atom is 0.339 e. The molecular weight excluding hydrogens is 337 g/mol. The molecule has 0 fully saturated rings. The summed E-state index contributed by atoms with van der Waals surface area (Å²) in [5.41, 5.74) is 1.75. The highest BCUT2D eigenvalue weighted by Gasteiger charge is 2.14. The number of benzene rings is 2. The summed E-state index contributed by atoms with van der Waals surface area (Å²) in [6.45, 7) is 1.83. The molecule has 0 aliphatic heterocycles. The molecule has 0 radical (unpaired) electrons. The molecule has 134 valence electrons. The van der Waals surface area contributed by atoms with E-state index in [9.17, 15) is 14.0 Å². The Kier molecular flexibility index (Phi) is 5.02. The van der Waals surface area contributed by atoms with Gasteiger partial charge in [-0.15, -0.1) is 0 Å². The zero-order valence-electron chi connectivity index (χ0n) is 14.5. The molecule has 0 saturated heterocycles. The number of aryl methyl sites for hydroxylation is 1. The molecule has 0 spiro atoms. The number of amides is 1. The monoisotopic (exact) mass is 355 g/mol. The highest BCUT2D eigenvalue weighted by molar-refractivity contribution is 5.91. The van der Waals surface area contributed by atoms with Gasteiger partial charge in [-0.2, -0.15) is 0 Å². The third-order valence-corrected chi connectivity index (χ3v) is 4.22. The Morgan fingerprint density at radius 3 is 2.62 bits per heavy atom. The van der Waals surface area contributed by atoms with E-state index in [0.29, 0.717) is 22.6 Å². The number of anilines is 1. The summed E-state index contributed by atoms with van der Waals surface area (Å²) >= 11 is 0. The molecule has 0 unspecified atom stereocenters. The van der Waals surface area contributed by atoms with Crippen LogP contribution in [0.1, 0.15) is 17.5 Å². The molecule has 1 N–H and O–H groups in total. The predicted molar refractivity (Wildman–Crippen MR) is 97.1 cm³/mol. The normalized spacial score (nSPS) is 10.7. The summed E-state index contributed by atoms with van der Waals surface area (Å²) in [6, 6.07) is 10.8. The zero-order chi connectivity index (χ0) is 18.7. The Labute approximate surface area is 149 Å². The van der Waals surface area contributed by atoms with Crippen molar-refractivity contribution in [3.63, 3.8) is 0 Å². The van der Waals surface area contributed by atoms with Crippen LogP contribution < -0.4 is 15.7 Å². The summed E-state index contributed by atoms with van der Waals surface area (Å²) < 4.78 is 23.4. The van der Waals surface area contributed by atoms with Crippen LogP contribution in [0.15, 0.2) is 51.7 Å². The van der Waals surface area contributed by atoms with Crippen LogP contribution in [0.4, 0.5) is 10.1 Å². The third-order valence-electron chi connectivity index (χ3n) is 4.22. The Morgan fingerprint density at radius 1 is 1.19 bits per heavy atom. The van der Waals surface area contributed by atoms with Gasteiger partial charge in [0.15, 0.2) is 0 Å². The number of hydrogen-bond donors (Lipinski definition) is 1. The lowest BCUT2D eigenvalue weighted by molar-refractivity contribution is -0.116. The fraction of sp³-hybridized carbons (Fsp3) is 0.200. The van der Waals surface area contributed by atoms with Crippen LogP contribution in [0, 0.1) is 12.7 Å². The lowest BCUT2D eigenvalue weighted by Gasteiger charge is -2.09. The van der Waals surface area contributed by atoms with Crippen LogP contribution in [0.5, 0.6) is 5.75 Å².